The van der Waals surface area contributed by atoms with Crippen molar-refractivity contribution in [2.75, 3.05) is 0 Å². The number of benzene rings is 2. The molecule has 0 aliphatic heterocycles. The second-order valence-corrected chi connectivity index (χ2v) is 6.01. The van der Waals surface area contributed by atoms with E-state index in [0.29, 0.717) is 0 Å². The van der Waals surface area contributed by atoms with Crippen molar-refractivity contribution in [2.24, 2.45) is 5.84 Å². The minimum absolute atomic E-state index is 0.0597. The summed E-state index contributed by atoms with van der Waals surface area (Å²) in [4.78, 5) is 0. The molecule has 1 aromatic heterocycles. The van der Waals surface area contributed by atoms with Gasteiger partial charge in [-0.3, -0.25) is 5.84 Å². The molecule has 0 amide bonds. The SMILES string of the molecule is Cc1cccc2cc(C(Cc3ccccc3Br)NN)oc12. The van der Waals surface area contributed by atoms with Gasteiger partial charge in [0.1, 0.15) is 11.3 Å². The van der Waals surface area contributed by atoms with Gasteiger partial charge in [-0.15, -0.1) is 0 Å². The molecule has 0 bridgehead atoms. The summed E-state index contributed by atoms with van der Waals surface area (Å²) in [5, 5.41) is 1.11. The number of furan rings is 1. The van der Waals surface area contributed by atoms with Gasteiger partial charge in [-0.05, 0) is 36.6 Å². The molecule has 3 rings (SSSR count). The van der Waals surface area contributed by atoms with Gasteiger partial charge in [-0.25, -0.2) is 5.43 Å². The third-order valence-electron chi connectivity index (χ3n) is 3.69. The smallest absolute Gasteiger partial charge is 0.137 e. The standard InChI is InChI=1S/C17H17BrN2O/c1-11-5-4-7-13-10-16(21-17(11)13)15(20-19)9-12-6-2-3-8-14(12)18/h2-8,10,15,20H,9,19H2,1H3. The highest BCUT2D eigenvalue weighted by Crippen LogP contribution is 2.29. The van der Waals surface area contributed by atoms with Gasteiger partial charge in [0.25, 0.3) is 0 Å². The molecule has 0 fully saturated rings. The molecule has 1 atom stereocenters. The third kappa shape index (κ3) is 2.88. The second kappa shape index (κ2) is 6.02. The normalized spacial score (nSPS) is 12.7. The van der Waals surface area contributed by atoms with Crippen LogP contribution in [0.1, 0.15) is 22.9 Å². The first-order valence-corrected chi connectivity index (χ1v) is 7.67. The lowest BCUT2D eigenvalue weighted by Gasteiger charge is -2.14. The molecule has 0 aliphatic carbocycles. The van der Waals surface area contributed by atoms with Gasteiger partial charge in [0.2, 0.25) is 0 Å². The number of aryl methyl sites for hydroxylation is 1. The molecule has 0 radical (unpaired) electrons. The van der Waals surface area contributed by atoms with Crippen molar-refractivity contribution in [1.82, 2.24) is 5.43 Å². The summed E-state index contributed by atoms with van der Waals surface area (Å²) in [5.74, 6) is 6.60. The number of fused-ring (bicyclic) bond motifs is 1. The van der Waals surface area contributed by atoms with Gasteiger partial charge in [0.05, 0.1) is 6.04 Å². The summed E-state index contributed by atoms with van der Waals surface area (Å²) in [6.45, 7) is 2.05. The van der Waals surface area contributed by atoms with Gasteiger partial charge in [0.15, 0.2) is 0 Å². The van der Waals surface area contributed by atoms with Gasteiger partial charge in [-0.2, -0.15) is 0 Å². The van der Waals surface area contributed by atoms with Crippen LogP contribution in [0.15, 0.2) is 57.4 Å². The number of hydrogen-bond acceptors (Lipinski definition) is 3. The molecule has 21 heavy (non-hydrogen) atoms. The first kappa shape index (κ1) is 14.3. The molecule has 3 aromatic rings. The van der Waals surface area contributed by atoms with E-state index in [4.69, 9.17) is 10.3 Å². The van der Waals surface area contributed by atoms with Crippen molar-refractivity contribution >= 4 is 26.9 Å². The minimum Gasteiger partial charge on any atom is -0.459 e. The average molecular weight is 345 g/mol. The Labute approximate surface area is 132 Å². The van der Waals surface area contributed by atoms with E-state index >= 15 is 0 Å². The van der Waals surface area contributed by atoms with Crippen molar-refractivity contribution in [3.8, 4) is 0 Å². The summed E-state index contributed by atoms with van der Waals surface area (Å²) in [5.41, 5.74) is 6.12. The van der Waals surface area contributed by atoms with Crippen LogP contribution in [0.2, 0.25) is 0 Å². The van der Waals surface area contributed by atoms with Crippen molar-refractivity contribution in [1.29, 1.82) is 0 Å². The minimum atomic E-state index is -0.0597. The molecule has 4 heteroatoms. The number of nitrogens with one attached hydrogen (secondary N) is 1. The number of halogens is 1. The van der Waals surface area contributed by atoms with Gasteiger partial charge < -0.3 is 4.42 Å². The molecule has 108 valence electrons. The number of nitrogens with two attached hydrogens (primary N) is 1. The first-order valence-electron chi connectivity index (χ1n) is 6.87. The van der Waals surface area contributed by atoms with Gasteiger partial charge in [-0.1, -0.05) is 52.3 Å². The Bertz CT molecular complexity index is 766. The lowest BCUT2D eigenvalue weighted by Crippen LogP contribution is -2.29. The average Bonchev–Trinajstić information content (AvgIpc) is 2.92. The van der Waals surface area contributed by atoms with E-state index in [-0.39, 0.29) is 6.04 Å². The largest absolute Gasteiger partial charge is 0.459 e. The molecule has 0 saturated heterocycles. The summed E-state index contributed by atoms with van der Waals surface area (Å²) in [6.07, 6.45) is 0.761. The third-order valence-corrected chi connectivity index (χ3v) is 4.46. The highest BCUT2D eigenvalue weighted by molar-refractivity contribution is 9.10. The van der Waals surface area contributed by atoms with Crippen molar-refractivity contribution in [3.63, 3.8) is 0 Å². The maximum Gasteiger partial charge on any atom is 0.137 e. The van der Waals surface area contributed by atoms with Gasteiger partial charge >= 0.3 is 0 Å². The van der Waals surface area contributed by atoms with Crippen LogP contribution in [0.25, 0.3) is 11.0 Å². The van der Waals surface area contributed by atoms with Crippen molar-refractivity contribution in [2.45, 2.75) is 19.4 Å². The molecule has 2 aromatic carbocycles. The molecular weight excluding hydrogens is 328 g/mol. The Kier molecular flexibility index (Phi) is 4.10. The number of para-hydroxylation sites is 1. The van der Waals surface area contributed by atoms with E-state index in [1.54, 1.807) is 0 Å². The Hall–Kier alpha value is -1.62. The zero-order chi connectivity index (χ0) is 14.8. The fraction of sp³-hybridized carbons (Fsp3) is 0.176. The molecule has 0 spiro atoms. The van der Waals surface area contributed by atoms with E-state index < -0.39 is 0 Å². The Balaban J connectivity index is 1.95. The lowest BCUT2D eigenvalue weighted by atomic mass is 10.0. The van der Waals surface area contributed by atoms with Crippen LogP contribution in [-0.2, 0) is 6.42 Å². The summed E-state index contributed by atoms with van der Waals surface area (Å²) >= 11 is 3.57. The fourth-order valence-corrected chi connectivity index (χ4v) is 2.97. The first-order chi connectivity index (χ1) is 10.2. The highest BCUT2D eigenvalue weighted by Gasteiger charge is 2.17. The van der Waals surface area contributed by atoms with E-state index in [2.05, 4.69) is 39.6 Å². The predicted octanol–water partition coefficient (Wildman–Crippen LogP) is 4.25. The monoisotopic (exact) mass is 344 g/mol. The molecule has 3 nitrogen and oxygen atoms in total. The fourth-order valence-electron chi connectivity index (χ4n) is 2.53. The van der Waals surface area contributed by atoms with E-state index in [1.807, 2.05) is 37.3 Å². The molecule has 3 N–H and O–H groups in total. The predicted molar refractivity (Wildman–Crippen MR) is 88.9 cm³/mol. The lowest BCUT2D eigenvalue weighted by molar-refractivity contribution is 0.433. The van der Waals surface area contributed by atoms with Crippen LogP contribution >= 0.6 is 15.9 Å². The zero-order valence-corrected chi connectivity index (χ0v) is 13.4. The van der Waals surface area contributed by atoms with Crippen LogP contribution in [0.4, 0.5) is 0 Å². The van der Waals surface area contributed by atoms with E-state index in [9.17, 15) is 0 Å². The molecular formula is C17H17BrN2O. The Morgan fingerprint density at radius 2 is 2.00 bits per heavy atom. The maximum atomic E-state index is 6.01. The number of rotatable bonds is 4. The van der Waals surface area contributed by atoms with E-state index in [0.717, 1.165) is 33.2 Å². The van der Waals surface area contributed by atoms with Gasteiger partial charge in [0, 0.05) is 9.86 Å². The quantitative estimate of drug-likeness (QED) is 0.549. The van der Waals surface area contributed by atoms with Crippen LogP contribution in [0, 0.1) is 6.92 Å². The molecule has 0 saturated carbocycles. The summed E-state index contributed by atoms with van der Waals surface area (Å²) < 4.78 is 7.09. The van der Waals surface area contributed by atoms with Crippen LogP contribution in [0.3, 0.4) is 0 Å². The summed E-state index contributed by atoms with van der Waals surface area (Å²) in [6, 6.07) is 16.3. The van der Waals surface area contributed by atoms with Crippen molar-refractivity contribution < 1.29 is 4.42 Å². The maximum absolute atomic E-state index is 6.01. The molecule has 1 unspecified atom stereocenters. The van der Waals surface area contributed by atoms with E-state index in [1.165, 1.54) is 5.56 Å². The summed E-state index contributed by atoms with van der Waals surface area (Å²) in [7, 11) is 0. The second-order valence-electron chi connectivity index (χ2n) is 5.16. The van der Waals surface area contributed by atoms with Crippen LogP contribution in [-0.4, -0.2) is 0 Å². The molecule has 1 heterocycles. The topological polar surface area (TPSA) is 51.2 Å². The zero-order valence-electron chi connectivity index (χ0n) is 11.8. The number of hydrazine groups is 1. The van der Waals surface area contributed by atoms with Crippen molar-refractivity contribution in [3.05, 3.63) is 69.9 Å². The Morgan fingerprint density at radius 1 is 1.19 bits per heavy atom. The Morgan fingerprint density at radius 3 is 2.71 bits per heavy atom. The van der Waals surface area contributed by atoms with Crippen LogP contribution in [0.5, 0.6) is 0 Å². The molecule has 0 aliphatic rings. The van der Waals surface area contributed by atoms with Crippen LogP contribution < -0.4 is 11.3 Å². The highest BCUT2D eigenvalue weighted by atomic mass is 79.9. The number of hydrogen-bond donors (Lipinski definition) is 2.